The molecular weight excluding hydrogens is 780 g/mol. The van der Waals surface area contributed by atoms with Crippen molar-refractivity contribution in [3.8, 4) is 41.0 Å². The molecule has 1 N–H and O–H groups in total. The van der Waals surface area contributed by atoms with Gasteiger partial charge in [0.1, 0.15) is 12.4 Å². The zero-order valence-corrected chi connectivity index (χ0v) is 37.4. The van der Waals surface area contributed by atoms with Gasteiger partial charge in [-0.05, 0) is 133 Å². The van der Waals surface area contributed by atoms with Gasteiger partial charge in [0, 0.05) is 65.8 Å². The lowest BCUT2D eigenvalue weighted by Gasteiger charge is -2.25. The number of piperidine rings is 1. The molecule has 9 nitrogen and oxygen atoms in total. The lowest BCUT2D eigenvalue weighted by molar-refractivity contribution is -0.109. The van der Waals surface area contributed by atoms with Gasteiger partial charge >= 0.3 is 0 Å². The van der Waals surface area contributed by atoms with Gasteiger partial charge in [0.15, 0.2) is 0 Å². The van der Waals surface area contributed by atoms with Gasteiger partial charge in [-0.15, -0.1) is 0 Å². The van der Waals surface area contributed by atoms with Crippen molar-refractivity contribution in [3.63, 3.8) is 0 Å². The summed E-state index contributed by atoms with van der Waals surface area (Å²) in [5.41, 5.74) is 10.6. The van der Waals surface area contributed by atoms with Crippen LogP contribution >= 0.6 is 11.6 Å². The number of hydrogen-bond acceptors (Lipinski definition) is 6. The van der Waals surface area contributed by atoms with Crippen LogP contribution in [0.3, 0.4) is 0 Å². The number of fused-ring (bicyclic) bond motifs is 1. The minimum absolute atomic E-state index is 0.0661. The van der Waals surface area contributed by atoms with Crippen LogP contribution in [0.1, 0.15) is 120 Å². The van der Waals surface area contributed by atoms with Gasteiger partial charge in [-0.25, -0.2) is 0 Å². The zero-order valence-electron chi connectivity index (χ0n) is 36.6. The number of benzene rings is 3. The van der Waals surface area contributed by atoms with E-state index in [1.165, 1.54) is 37.7 Å². The SMILES string of the molecule is CC(CCC=O)N1Cc2ccc(C#CC3CCN(C)CC3)cc2C1=O.CNC=O.Cc1c(-c2nn(Cc3ccc(C#CC4CCCCC4)cc3)c(C)c2C)ccc(C#N)c1Cl. The van der Waals surface area contributed by atoms with E-state index in [-0.39, 0.29) is 11.9 Å². The molecule has 0 spiro atoms. The maximum atomic E-state index is 12.7. The minimum Gasteiger partial charge on any atom is -0.362 e. The third-order valence-electron chi connectivity index (χ3n) is 12.0. The zero-order chi connectivity index (χ0) is 43.9. The highest BCUT2D eigenvalue weighted by Crippen LogP contribution is 2.33. The number of carbonyl (C=O) groups is 3. The maximum absolute atomic E-state index is 12.7. The summed E-state index contributed by atoms with van der Waals surface area (Å²) in [6.07, 6.45) is 11.5. The fourth-order valence-corrected chi connectivity index (χ4v) is 8.14. The first-order chi connectivity index (χ1) is 29.5. The van der Waals surface area contributed by atoms with E-state index in [1.54, 1.807) is 13.1 Å². The molecule has 1 unspecified atom stereocenters. The first kappa shape index (κ1) is 46.4. The van der Waals surface area contributed by atoms with Crippen LogP contribution in [0, 0.1) is 67.6 Å². The Morgan fingerprint density at radius 2 is 1.52 bits per heavy atom. The van der Waals surface area contributed by atoms with Crippen LogP contribution in [0.15, 0.2) is 54.6 Å². The van der Waals surface area contributed by atoms with E-state index in [4.69, 9.17) is 21.5 Å². The number of hydrogen-bond donors (Lipinski definition) is 1. The molecule has 7 rings (SSSR count). The number of aromatic nitrogens is 2. The maximum Gasteiger partial charge on any atom is 0.254 e. The van der Waals surface area contributed by atoms with Crippen molar-refractivity contribution < 1.29 is 14.4 Å². The summed E-state index contributed by atoms with van der Waals surface area (Å²) in [6, 6.07) is 20.4. The lowest BCUT2D eigenvalue weighted by Crippen LogP contribution is -2.33. The second-order valence-electron chi connectivity index (χ2n) is 16.4. The van der Waals surface area contributed by atoms with Crippen LogP contribution in [0.5, 0.6) is 0 Å². The number of nitriles is 1. The molecule has 1 saturated carbocycles. The van der Waals surface area contributed by atoms with Crippen LogP contribution in [0.4, 0.5) is 0 Å². The normalized spacial score (nSPS) is 15.6. The van der Waals surface area contributed by atoms with Crippen molar-refractivity contribution in [3.05, 3.63) is 110 Å². The summed E-state index contributed by atoms with van der Waals surface area (Å²) < 4.78 is 2.04. The number of amides is 2. The molecule has 10 heteroatoms. The molecule has 1 saturated heterocycles. The Morgan fingerprint density at radius 3 is 2.16 bits per heavy atom. The quantitative estimate of drug-likeness (QED) is 0.140. The molecule has 1 aliphatic carbocycles. The molecule has 2 amide bonds. The van der Waals surface area contributed by atoms with Crippen molar-refractivity contribution in [1.82, 2.24) is 24.9 Å². The monoisotopic (exact) mass is 838 g/mol. The number of rotatable bonds is 8. The van der Waals surface area contributed by atoms with Gasteiger partial charge in [0.2, 0.25) is 6.41 Å². The average molecular weight is 840 g/mol. The topological polar surface area (TPSA) is 111 Å². The highest BCUT2D eigenvalue weighted by molar-refractivity contribution is 6.32. The molecule has 3 aromatic carbocycles. The molecule has 1 atom stereocenters. The number of likely N-dealkylation sites (tertiary alicyclic amines) is 1. The Labute approximate surface area is 367 Å². The van der Waals surface area contributed by atoms with Gasteiger partial charge in [-0.2, -0.15) is 10.4 Å². The van der Waals surface area contributed by atoms with E-state index in [0.717, 1.165) is 82.5 Å². The van der Waals surface area contributed by atoms with Crippen molar-refractivity contribution in [1.29, 1.82) is 5.26 Å². The van der Waals surface area contributed by atoms with Gasteiger partial charge in [-0.3, -0.25) is 14.3 Å². The third kappa shape index (κ3) is 12.5. The van der Waals surface area contributed by atoms with Crippen LogP contribution in [0.2, 0.25) is 5.02 Å². The summed E-state index contributed by atoms with van der Waals surface area (Å²) in [7, 11) is 3.71. The largest absolute Gasteiger partial charge is 0.362 e. The average Bonchev–Trinajstić information content (AvgIpc) is 3.76. The first-order valence-corrected chi connectivity index (χ1v) is 21.9. The molecule has 318 valence electrons. The van der Waals surface area contributed by atoms with Crippen LogP contribution in [0.25, 0.3) is 11.3 Å². The van der Waals surface area contributed by atoms with Crippen molar-refractivity contribution in [2.45, 2.75) is 105 Å². The smallest absolute Gasteiger partial charge is 0.254 e. The predicted molar refractivity (Wildman–Crippen MR) is 244 cm³/mol. The molecule has 0 radical (unpaired) electrons. The molecule has 2 aliphatic heterocycles. The van der Waals surface area contributed by atoms with Crippen LogP contribution < -0.4 is 5.32 Å². The van der Waals surface area contributed by atoms with Crippen LogP contribution in [-0.4, -0.2) is 71.4 Å². The van der Waals surface area contributed by atoms with Crippen LogP contribution in [-0.2, 0) is 22.7 Å². The second-order valence-corrected chi connectivity index (χ2v) is 16.8. The van der Waals surface area contributed by atoms with Crippen molar-refractivity contribution in [2.24, 2.45) is 11.8 Å². The number of aldehydes is 1. The summed E-state index contributed by atoms with van der Waals surface area (Å²) in [5, 5.41) is 16.9. The van der Waals surface area contributed by atoms with Gasteiger partial charge in [0.05, 0.1) is 22.8 Å². The lowest BCUT2D eigenvalue weighted by atomic mass is 9.89. The number of nitrogens with one attached hydrogen (secondary N) is 1. The Hall–Kier alpha value is -5.66. The Kier molecular flexibility index (Phi) is 17.3. The number of carbonyl (C=O) groups excluding carboxylic acids is 3. The standard InChI is InChI=1S/C28H28ClN3.C21H26N2O2.C2H5NO/c1-19-21(3)32(31-28(19)26-16-15-25(17-30)27(29)20(26)2)18-24-13-11-23(12-14-24)10-9-22-7-5-4-6-8-22;1-16(4-3-13-24)23-15-19-8-7-18(14-20(19)21(23)25)6-5-17-9-11-22(2)12-10-17;1-3-2-4/h11-16,22H,4-8,18H2,1-3H3;7-8,13-14,16-17H,3-4,9-12,15H2,1-2H3;2H,1H3,(H,3,4). The van der Waals surface area contributed by atoms with Crippen molar-refractivity contribution >= 4 is 30.2 Å². The Bertz CT molecular complexity index is 2320. The number of halogens is 1. The van der Waals surface area contributed by atoms with E-state index in [9.17, 15) is 14.9 Å². The fourth-order valence-electron chi connectivity index (χ4n) is 7.93. The van der Waals surface area contributed by atoms with Gasteiger partial charge in [0.25, 0.3) is 5.91 Å². The highest BCUT2D eigenvalue weighted by Gasteiger charge is 2.30. The first-order valence-electron chi connectivity index (χ1n) is 21.5. The van der Waals surface area contributed by atoms with E-state index < -0.39 is 0 Å². The third-order valence-corrected chi connectivity index (χ3v) is 12.5. The Balaban J connectivity index is 0.000000218. The molecular formula is C51H59ClN6O3. The molecule has 2 fully saturated rings. The molecule has 3 heterocycles. The summed E-state index contributed by atoms with van der Waals surface area (Å²) >= 11 is 6.40. The van der Waals surface area contributed by atoms with E-state index in [0.29, 0.717) is 54.8 Å². The molecule has 1 aromatic heterocycles. The molecule has 4 aromatic rings. The van der Waals surface area contributed by atoms with Gasteiger partial charge < -0.3 is 19.9 Å². The fraction of sp³-hybridized carbons (Fsp3) is 0.431. The molecule has 61 heavy (non-hydrogen) atoms. The Morgan fingerprint density at radius 1 is 0.885 bits per heavy atom. The van der Waals surface area contributed by atoms with Crippen molar-refractivity contribution in [2.75, 3.05) is 27.2 Å². The highest BCUT2D eigenvalue weighted by atomic mass is 35.5. The molecule has 3 aliphatic rings. The van der Waals surface area contributed by atoms with E-state index in [1.807, 2.05) is 47.7 Å². The summed E-state index contributed by atoms with van der Waals surface area (Å²) in [5.74, 6) is 14.6. The minimum atomic E-state index is 0.0661. The predicted octanol–water partition coefficient (Wildman–Crippen LogP) is 9.05. The molecule has 0 bridgehead atoms. The number of nitrogens with zero attached hydrogens (tertiary/aromatic N) is 5. The van der Waals surface area contributed by atoms with Gasteiger partial charge in [-0.1, -0.05) is 78.8 Å². The van der Waals surface area contributed by atoms with E-state index in [2.05, 4.69) is 85.1 Å². The van der Waals surface area contributed by atoms with E-state index >= 15 is 0 Å². The second kappa shape index (κ2) is 22.8. The summed E-state index contributed by atoms with van der Waals surface area (Å²) in [6.45, 7) is 11.7. The summed E-state index contributed by atoms with van der Waals surface area (Å²) in [4.78, 5) is 36.5.